The quantitative estimate of drug-likeness (QED) is 0.920. The van der Waals surface area contributed by atoms with Crippen LogP contribution in [0.4, 0.5) is 0 Å². The van der Waals surface area contributed by atoms with Gasteiger partial charge in [0.25, 0.3) is 0 Å². The monoisotopic (exact) mass is 265 g/mol. The van der Waals surface area contributed by atoms with Gasteiger partial charge in [-0.2, -0.15) is 0 Å². The normalized spacial score (nSPS) is 23.6. The first-order chi connectivity index (χ1) is 9.92. The smallest absolute Gasteiger partial charge is 0.0721 e. The Kier molecular flexibility index (Phi) is 3.06. The zero-order valence-corrected chi connectivity index (χ0v) is 11.5. The maximum absolute atomic E-state index is 5.70. The molecule has 0 fully saturated rings. The lowest BCUT2D eigenvalue weighted by Crippen LogP contribution is -2.35. The molecule has 1 aliphatic heterocycles. The molecule has 2 atom stereocenters. The van der Waals surface area contributed by atoms with Gasteiger partial charge in [-0.3, -0.25) is 0 Å². The number of hydrogen-bond donors (Lipinski definition) is 1. The molecule has 0 bridgehead atoms. The summed E-state index contributed by atoms with van der Waals surface area (Å²) in [6.45, 7) is 2.57. The van der Waals surface area contributed by atoms with Gasteiger partial charge in [0, 0.05) is 12.5 Å². The number of nitrogens with one attached hydrogen (secondary N) is 1. The van der Waals surface area contributed by atoms with Crippen molar-refractivity contribution >= 4 is 0 Å². The molecule has 0 saturated heterocycles. The van der Waals surface area contributed by atoms with Gasteiger partial charge in [-0.05, 0) is 28.7 Å². The molecule has 0 spiro atoms. The first kappa shape index (κ1) is 12.1. The minimum Gasteiger partial charge on any atom is -0.375 e. The fourth-order valence-corrected chi connectivity index (χ4v) is 3.38. The van der Waals surface area contributed by atoms with Gasteiger partial charge >= 0.3 is 0 Å². The summed E-state index contributed by atoms with van der Waals surface area (Å²) in [5.74, 6) is 0.667. The molecule has 4 rings (SSSR count). The van der Waals surface area contributed by atoms with E-state index in [9.17, 15) is 0 Å². The third-order valence-electron chi connectivity index (χ3n) is 4.54. The van der Waals surface area contributed by atoms with Crippen molar-refractivity contribution in [2.45, 2.75) is 25.0 Å². The SMILES string of the molecule is c1ccc2c(c1)CC2CNC1COCc2ccccc21. The van der Waals surface area contributed by atoms with Crippen LogP contribution in [0.5, 0.6) is 0 Å². The molecule has 102 valence electrons. The second-order valence-corrected chi connectivity index (χ2v) is 5.77. The van der Waals surface area contributed by atoms with Crippen LogP contribution in [0, 0.1) is 0 Å². The molecule has 0 radical (unpaired) electrons. The molecule has 2 heteroatoms. The average Bonchev–Trinajstić information content (AvgIpc) is 2.48. The molecule has 0 aromatic heterocycles. The van der Waals surface area contributed by atoms with E-state index in [1.807, 2.05) is 0 Å². The van der Waals surface area contributed by atoms with Crippen LogP contribution >= 0.6 is 0 Å². The van der Waals surface area contributed by atoms with Gasteiger partial charge in [-0.15, -0.1) is 0 Å². The van der Waals surface area contributed by atoms with E-state index in [4.69, 9.17) is 4.74 Å². The molecule has 2 aliphatic rings. The van der Waals surface area contributed by atoms with Crippen molar-refractivity contribution in [2.75, 3.05) is 13.2 Å². The largest absolute Gasteiger partial charge is 0.375 e. The Bertz CT molecular complexity index is 622. The minimum absolute atomic E-state index is 0.340. The number of rotatable bonds is 3. The van der Waals surface area contributed by atoms with Crippen LogP contribution in [-0.2, 0) is 17.8 Å². The van der Waals surface area contributed by atoms with Crippen LogP contribution in [0.25, 0.3) is 0 Å². The van der Waals surface area contributed by atoms with E-state index in [1.54, 1.807) is 0 Å². The van der Waals surface area contributed by atoms with Gasteiger partial charge in [-0.25, -0.2) is 0 Å². The van der Waals surface area contributed by atoms with Crippen molar-refractivity contribution in [1.82, 2.24) is 5.32 Å². The first-order valence-electron chi connectivity index (χ1n) is 7.38. The summed E-state index contributed by atoms with van der Waals surface area (Å²) < 4.78 is 5.70. The summed E-state index contributed by atoms with van der Waals surface area (Å²) in [6, 6.07) is 17.7. The van der Waals surface area contributed by atoms with Crippen LogP contribution in [0.1, 0.15) is 34.2 Å². The molecule has 1 heterocycles. The Balaban J connectivity index is 1.45. The summed E-state index contributed by atoms with van der Waals surface area (Å²) in [4.78, 5) is 0. The molecule has 2 unspecified atom stereocenters. The Labute approximate surface area is 119 Å². The predicted molar refractivity (Wildman–Crippen MR) is 79.7 cm³/mol. The Morgan fingerprint density at radius 3 is 2.55 bits per heavy atom. The van der Waals surface area contributed by atoms with E-state index in [0.717, 1.165) is 19.8 Å². The number of fused-ring (bicyclic) bond motifs is 2. The van der Waals surface area contributed by atoms with Crippen molar-refractivity contribution in [2.24, 2.45) is 0 Å². The topological polar surface area (TPSA) is 21.3 Å². The van der Waals surface area contributed by atoms with Crippen molar-refractivity contribution in [1.29, 1.82) is 0 Å². The molecule has 0 amide bonds. The van der Waals surface area contributed by atoms with E-state index < -0.39 is 0 Å². The van der Waals surface area contributed by atoms with Crippen molar-refractivity contribution in [3.63, 3.8) is 0 Å². The highest BCUT2D eigenvalue weighted by Gasteiger charge is 2.27. The molecule has 1 N–H and O–H groups in total. The molecule has 1 aliphatic carbocycles. The highest BCUT2D eigenvalue weighted by Crippen LogP contribution is 2.35. The Hall–Kier alpha value is -1.64. The van der Waals surface area contributed by atoms with Gasteiger partial charge in [-0.1, -0.05) is 48.5 Å². The van der Waals surface area contributed by atoms with Gasteiger partial charge in [0.05, 0.1) is 19.3 Å². The molecule has 2 aromatic carbocycles. The molecule has 20 heavy (non-hydrogen) atoms. The van der Waals surface area contributed by atoms with Crippen molar-refractivity contribution in [3.05, 3.63) is 70.8 Å². The zero-order valence-electron chi connectivity index (χ0n) is 11.5. The van der Waals surface area contributed by atoms with Crippen LogP contribution in [0.15, 0.2) is 48.5 Å². The first-order valence-corrected chi connectivity index (χ1v) is 7.38. The number of hydrogen-bond acceptors (Lipinski definition) is 2. The summed E-state index contributed by atoms with van der Waals surface area (Å²) in [5.41, 5.74) is 5.77. The van der Waals surface area contributed by atoms with Crippen LogP contribution in [-0.4, -0.2) is 13.2 Å². The zero-order chi connectivity index (χ0) is 13.4. The molecule has 2 aromatic rings. The summed E-state index contributed by atoms with van der Waals surface area (Å²) >= 11 is 0. The predicted octanol–water partition coefficient (Wildman–Crippen LogP) is 3.19. The van der Waals surface area contributed by atoms with Gasteiger partial charge in [0.15, 0.2) is 0 Å². The van der Waals surface area contributed by atoms with E-state index in [2.05, 4.69) is 53.8 Å². The van der Waals surface area contributed by atoms with Gasteiger partial charge in [0.1, 0.15) is 0 Å². The highest BCUT2D eigenvalue weighted by molar-refractivity contribution is 5.40. The lowest BCUT2D eigenvalue weighted by atomic mass is 9.77. The lowest BCUT2D eigenvalue weighted by molar-refractivity contribution is 0.0815. The summed E-state index contributed by atoms with van der Waals surface area (Å²) in [7, 11) is 0. The Morgan fingerprint density at radius 2 is 1.70 bits per heavy atom. The number of ether oxygens (including phenoxy) is 1. The van der Waals surface area contributed by atoms with E-state index in [0.29, 0.717) is 12.0 Å². The van der Waals surface area contributed by atoms with Crippen LogP contribution in [0.2, 0.25) is 0 Å². The van der Waals surface area contributed by atoms with E-state index in [1.165, 1.54) is 28.7 Å². The lowest BCUT2D eigenvalue weighted by Gasteiger charge is -2.33. The third kappa shape index (κ3) is 2.05. The molecule has 0 saturated carbocycles. The van der Waals surface area contributed by atoms with Crippen molar-refractivity contribution < 1.29 is 4.74 Å². The van der Waals surface area contributed by atoms with Crippen LogP contribution in [0.3, 0.4) is 0 Å². The Morgan fingerprint density at radius 1 is 0.950 bits per heavy atom. The average molecular weight is 265 g/mol. The standard InChI is InChI=1S/C18H19NO/c1-3-7-16-13(5-1)9-15(16)10-19-18-12-20-11-14-6-2-4-8-17(14)18/h1-8,15,18-19H,9-12H2. The second-order valence-electron chi connectivity index (χ2n) is 5.77. The maximum atomic E-state index is 5.70. The van der Waals surface area contributed by atoms with Crippen LogP contribution < -0.4 is 5.32 Å². The minimum atomic E-state index is 0.340. The summed E-state index contributed by atoms with van der Waals surface area (Å²) in [5, 5.41) is 3.70. The third-order valence-corrected chi connectivity index (χ3v) is 4.54. The van der Waals surface area contributed by atoms with Gasteiger partial charge in [0.2, 0.25) is 0 Å². The molecular formula is C18H19NO. The maximum Gasteiger partial charge on any atom is 0.0721 e. The van der Waals surface area contributed by atoms with E-state index >= 15 is 0 Å². The fraction of sp³-hybridized carbons (Fsp3) is 0.333. The summed E-state index contributed by atoms with van der Waals surface area (Å²) in [6.07, 6.45) is 1.21. The molecule has 2 nitrogen and oxygen atoms in total. The number of benzene rings is 2. The van der Waals surface area contributed by atoms with Gasteiger partial charge < -0.3 is 10.1 Å². The second kappa shape index (κ2) is 5.04. The highest BCUT2D eigenvalue weighted by atomic mass is 16.5. The van der Waals surface area contributed by atoms with Crippen molar-refractivity contribution in [3.8, 4) is 0 Å². The van der Waals surface area contributed by atoms with E-state index in [-0.39, 0.29) is 0 Å². The fourth-order valence-electron chi connectivity index (χ4n) is 3.38. The molecular weight excluding hydrogens is 246 g/mol.